The molecule has 0 aromatic heterocycles. The van der Waals surface area contributed by atoms with Crippen LogP contribution in [0.4, 0.5) is 0 Å². The van der Waals surface area contributed by atoms with E-state index in [1.54, 1.807) is 7.05 Å². The maximum Gasteiger partial charge on any atom is 0.288 e. The topological polar surface area (TPSA) is 77.5 Å². The van der Waals surface area contributed by atoms with E-state index >= 15 is 0 Å². The predicted molar refractivity (Wildman–Crippen MR) is 109 cm³/mol. The van der Waals surface area contributed by atoms with Crippen molar-refractivity contribution in [1.82, 2.24) is 4.90 Å². The number of hydrogen-bond acceptors (Lipinski definition) is 6. The summed E-state index contributed by atoms with van der Waals surface area (Å²) in [5, 5.41) is 9.33. The first-order valence-corrected chi connectivity index (χ1v) is 10.0. The van der Waals surface area contributed by atoms with Crippen LogP contribution in [0.2, 0.25) is 0 Å². The van der Waals surface area contributed by atoms with Crippen LogP contribution in [0, 0.1) is 5.92 Å². The average molecular weight is 408 g/mol. The second-order valence-electron chi connectivity index (χ2n) is 7.03. The number of carbonyl (C=O) groups excluding carboxylic acids is 1. The van der Waals surface area contributed by atoms with Crippen LogP contribution in [0.1, 0.15) is 31.2 Å². The van der Waals surface area contributed by atoms with Gasteiger partial charge in [0.15, 0.2) is 12.0 Å². The summed E-state index contributed by atoms with van der Waals surface area (Å²) >= 11 is 0. The zero-order chi connectivity index (χ0) is 21.2. The molecule has 3 atom stereocenters. The van der Waals surface area contributed by atoms with Crippen molar-refractivity contribution in [3.8, 4) is 0 Å². The molecule has 1 aliphatic rings. The van der Waals surface area contributed by atoms with Crippen molar-refractivity contribution in [3.05, 3.63) is 47.7 Å². The number of ether oxygens (including phenoxy) is 4. The molecule has 0 unspecified atom stereocenters. The Hall–Kier alpha value is -1.93. The molecule has 1 amide bonds. The van der Waals surface area contributed by atoms with Gasteiger partial charge in [-0.05, 0) is 31.4 Å². The van der Waals surface area contributed by atoms with Crippen molar-refractivity contribution in [2.24, 2.45) is 5.92 Å². The van der Waals surface area contributed by atoms with Crippen molar-refractivity contribution < 1.29 is 28.8 Å². The molecule has 1 heterocycles. The number of aliphatic hydroxyl groups excluding tert-OH is 1. The van der Waals surface area contributed by atoms with E-state index < -0.39 is 12.6 Å². The smallest absolute Gasteiger partial charge is 0.288 e. The molecule has 1 N–H and O–H groups in total. The first-order valence-electron chi connectivity index (χ1n) is 10.0. The molecule has 0 bridgehead atoms. The molecular formula is C22H33NO6. The number of amides is 1. The predicted octanol–water partition coefficient (Wildman–Crippen LogP) is 2.51. The van der Waals surface area contributed by atoms with E-state index in [1.807, 2.05) is 43.3 Å². The van der Waals surface area contributed by atoms with Gasteiger partial charge in [-0.25, -0.2) is 0 Å². The highest BCUT2D eigenvalue weighted by atomic mass is 16.7. The minimum absolute atomic E-state index is 0.00273. The van der Waals surface area contributed by atoms with E-state index in [0.29, 0.717) is 13.0 Å². The van der Waals surface area contributed by atoms with Gasteiger partial charge in [0.25, 0.3) is 5.91 Å². The maximum absolute atomic E-state index is 13.0. The van der Waals surface area contributed by atoms with Crippen molar-refractivity contribution in [3.63, 3.8) is 0 Å². The largest absolute Gasteiger partial charge is 0.459 e. The lowest BCUT2D eigenvalue weighted by Crippen LogP contribution is -2.41. The SMILES string of the molecule is CCO[C@H]1OC(C(=O)N(C)CC(OC)OC)=C[C@@H](c2ccccc2)[C@@H]1CCCO. The number of rotatable bonds is 11. The van der Waals surface area contributed by atoms with E-state index in [2.05, 4.69) is 0 Å². The third-order valence-corrected chi connectivity index (χ3v) is 5.10. The number of hydrogen-bond donors (Lipinski definition) is 1. The van der Waals surface area contributed by atoms with E-state index in [0.717, 1.165) is 12.0 Å². The molecule has 0 radical (unpaired) electrons. The first-order chi connectivity index (χ1) is 14.0. The van der Waals surface area contributed by atoms with Gasteiger partial charge < -0.3 is 29.0 Å². The van der Waals surface area contributed by atoms with Crippen molar-refractivity contribution >= 4 is 5.91 Å². The average Bonchev–Trinajstić information content (AvgIpc) is 2.76. The minimum atomic E-state index is -0.560. The zero-order valence-electron chi connectivity index (χ0n) is 17.7. The highest BCUT2D eigenvalue weighted by Gasteiger charge is 2.38. The molecule has 1 aliphatic heterocycles. The van der Waals surface area contributed by atoms with Gasteiger partial charge in [-0.1, -0.05) is 30.3 Å². The molecule has 1 aromatic carbocycles. The second-order valence-corrected chi connectivity index (χ2v) is 7.03. The van der Waals surface area contributed by atoms with Crippen molar-refractivity contribution in [2.75, 3.05) is 41.0 Å². The fraction of sp³-hybridized carbons (Fsp3) is 0.591. The van der Waals surface area contributed by atoms with Gasteiger partial charge in [0, 0.05) is 46.3 Å². The number of nitrogens with zero attached hydrogens (tertiary/aromatic N) is 1. The summed E-state index contributed by atoms with van der Waals surface area (Å²) < 4.78 is 22.3. The van der Waals surface area contributed by atoms with E-state index in [-0.39, 0.29) is 36.7 Å². The normalized spacial score (nSPS) is 21.6. The van der Waals surface area contributed by atoms with Crippen LogP contribution in [0.15, 0.2) is 42.2 Å². The number of benzene rings is 1. The van der Waals surface area contributed by atoms with Gasteiger partial charge in [0.2, 0.25) is 6.29 Å². The summed E-state index contributed by atoms with van der Waals surface area (Å²) in [4.78, 5) is 14.6. The second kappa shape index (κ2) is 11.9. The third kappa shape index (κ3) is 6.27. The van der Waals surface area contributed by atoms with Crippen molar-refractivity contribution in [2.45, 2.75) is 38.3 Å². The van der Waals surface area contributed by atoms with Crippen LogP contribution in [0.25, 0.3) is 0 Å². The summed E-state index contributed by atoms with van der Waals surface area (Å²) in [5.74, 6) is -0.0561. The van der Waals surface area contributed by atoms with E-state index in [9.17, 15) is 9.90 Å². The number of allylic oxidation sites excluding steroid dienone is 1. The molecule has 2 rings (SSSR count). The molecule has 7 nitrogen and oxygen atoms in total. The number of methoxy groups -OCH3 is 2. The van der Waals surface area contributed by atoms with Gasteiger partial charge in [-0.2, -0.15) is 0 Å². The Bertz CT molecular complexity index is 646. The van der Waals surface area contributed by atoms with Gasteiger partial charge in [0.05, 0.1) is 6.54 Å². The molecule has 0 saturated heterocycles. The Morgan fingerprint density at radius 3 is 2.52 bits per heavy atom. The van der Waals surface area contributed by atoms with Crippen LogP contribution >= 0.6 is 0 Å². The Balaban J connectivity index is 2.33. The fourth-order valence-electron chi connectivity index (χ4n) is 3.55. The number of likely N-dealkylation sites (N-methyl/N-ethyl adjacent to an activating group) is 1. The number of aliphatic hydroxyl groups is 1. The molecule has 0 aliphatic carbocycles. The zero-order valence-corrected chi connectivity index (χ0v) is 17.7. The molecule has 29 heavy (non-hydrogen) atoms. The molecule has 7 heteroatoms. The lowest BCUT2D eigenvalue weighted by Gasteiger charge is -2.37. The summed E-state index contributed by atoms with van der Waals surface area (Å²) in [5.41, 5.74) is 1.09. The summed E-state index contributed by atoms with van der Waals surface area (Å²) in [6.45, 7) is 2.74. The molecule has 0 spiro atoms. The lowest BCUT2D eigenvalue weighted by atomic mass is 9.80. The fourth-order valence-corrected chi connectivity index (χ4v) is 3.55. The highest BCUT2D eigenvalue weighted by molar-refractivity contribution is 5.91. The Kier molecular flexibility index (Phi) is 9.60. The van der Waals surface area contributed by atoms with Crippen LogP contribution in [0.5, 0.6) is 0 Å². The Morgan fingerprint density at radius 2 is 1.93 bits per heavy atom. The molecule has 1 aromatic rings. The standard InChI is InChI=1S/C22H33NO6/c1-5-28-22-17(12-9-13-24)18(16-10-7-6-8-11-16)14-19(29-22)21(25)23(2)15-20(26-3)27-4/h6-8,10-11,14,17-18,20,22,24H,5,9,12-13,15H2,1-4H3/t17-,18-,22-/m0/s1. The summed E-state index contributed by atoms with van der Waals surface area (Å²) in [6.07, 6.45) is 2.17. The number of carbonyl (C=O) groups is 1. The molecule has 0 fully saturated rings. The van der Waals surface area contributed by atoms with E-state index in [4.69, 9.17) is 18.9 Å². The van der Waals surface area contributed by atoms with Gasteiger partial charge in [-0.3, -0.25) is 4.79 Å². The Morgan fingerprint density at radius 1 is 1.24 bits per heavy atom. The first kappa shape index (κ1) is 23.3. The molecule has 0 saturated carbocycles. The van der Waals surface area contributed by atoms with Crippen LogP contribution in [-0.2, 0) is 23.7 Å². The van der Waals surface area contributed by atoms with Gasteiger partial charge in [0.1, 0.15) is 0 Å². The molecular weight excluding hydrogens is 374 g/mol. The summed E-state index contributed by atoms with van der Waals surface area (Å²) in [7, 11) is 4.75. The summed E-state index contributed by atoms with van der Waals surface area (Å²) in [6, 6.07) is 10.0. The van der Waals surface area contributed by atoms with E-state index in [1.165, 1.54) is 19.1 Å². The van der Waals surface area contributed by atoms with Crippen LogP contribution in [-0.4, -0.2) is 69.5 Å². The van der Waals surface area contributed by atoms with Crippen LogP contribution in [0.3, 0.4) is 0 Å². The van der Waals surface area contributed by atoms with Crippen LogP contribution < -0.4 is 0 Å². The third-order valence-electron chi connectivity index (χ3n) is 5.10. The highest BCUT2D eigenvalue weighted by Crippen LogP contribution is 2.39. The quantitative estimate of drug-likeness (QED) is 0.568. The lowest BCUT2D eigenvalue weighted by molar-refractivity contribution is -0.172. The van der Waals surface area contributed by atoms with Gasteiger partial charge >= 0.3 is 0 Å². The van der Waals surface area contributed by atoms with Gasteiger partial charge in [-0.15, -0.1) is 0 Å². The molecule has 162 valence electrons. The minimum Gasteiger partial charge on any atom is -0.459 e. The van der Waals surface area contributed by atoms with Crippen molar-refractivity contribution in [1.29, 1.82) is 0 Å². The Labute approximate surface area is 173 Å². The monoisotopic (exact) mass is 407 g/mol. The maximum atomic E-state index is 13.0.